The molecule has 1 saturated carbocycles. The van der Waals surface area contributed by atoms with E-state index in [1.165, 1.54) is 0 Å². The molecular weight excluding hydrogens is 2190 g/mol. The van der Waals surface area contributed by atoms with E-state index in [1.807, 2.05) is 0 Å². The number of methoxy groups -OCH3 is 9. The summed E-state index contributed by atoms with van der Waals surface area (Å²) in [5, 5.41) is 40.8. The zero-order valence-corrected chi connectivity index (χ0v) is 79.2. The first-order chi connectivity index (χ1) is 63.6. The summed E-state index contributed by atoms with van der Waals surface area (Å²) in [4.78, 5) is 31.6. The Labute approximate surface area is 785 Å². The molecule has 1 aliphatic carbocycles. The van der Waals surface area contributed by atoms with Crippen molar-refractivity contribution in [2.24, 2.45) is 11.8 Å². The zero-order chi connectivity index (χ0) is 104. The molecular formula is C52H72O74S12-14. The summed E-state index contributed by atoms with van der Waals surface area (Å²) in [6, 6.07) is 0. The summed E-state index contributed by atoms with van der Waals surface area (Å²) >= 11 is -4.32. The van der Waals surface area contributed by atoms with Crippen molar-refractivity contribution in [1.29, 1.82) is 0 Å². The molecule has 8 rings (SSSR count). The second kappa shape index (κ2) is 49.0. The molecule has 7 aliphatic heterocycles. The van der Waals surface area contributed by atoms with Crippen LogP contribution in [-0.4, -0.2) is 456 Å². The number of hydrogen-bond acceptors (Lipinski definition) is 75. The summed E-state index contributed by atoms with van der Waals surface area (Å²) < 4.78 is 577. The normalized spacial score (nSPS) is 38.1. The van der Waals surface area contributed by atoms with E-state index in [1.54, 1.807) is 0 Å². The molecule has 0 aromatic carbocycles. The van der Waals surface area contributed by atoms with Crippen molar-refractivity contribution in [3.05, 3.63) is 0 Å². The van der Waals surface area contributed by atoms with Crippen LogP contribution >= 0.6 is 12.3 Å². The summed E-state index contributed by atoms with van der Waals surface area (Å²) in [6.07, 6.45) is -89.6. The lowest BCUT2D eigenvalue weighted by Crippen LogP contribution is -2.70. The van der Waals surface area contributed by atoms with E-state index in [9.17, 15) is 164 Å². The van der Waals surface area contributed by atoms with Crippen molar-refractivity contribution in [2.75, 3.05) is 97.0 Å². The van der Waals surface area contributed by atoms with Crippen LogP contribution in [0.5, 0.6) is 0 Å². The maximum absolute atomic E-state index is 13.7. The van der Waals surface area contributed by atoms with Gasteiger partial charge in [-0.2, -0.15) is 0 Å². The number of aliphatic carboxylic acids is 2. The molecule has 0 aromatic heterocycles. The quantitative estimate of drug-likeness (QED) is 0.00797. The predicted molar refractivity (Wildman–Crippen MR) is 376 cm³/mol. The number of fused-ring (bicyclic) bond motifs is 1. The Hall–Kier alpha value is -3.02. The molecule has 19 unspecified atom stereocenters. The Balaban J connectivity index is 1.17. The number of carbonyl (C=O) groups excluding carboxylic acids is 2. The maximum atomic E-state index is 13.7. The van der Waals surface area contributed by atoms with Crippen LogP contribution in [0.2, 0.25) is 0 Å². The summed E-state index contributed by atoms with van der Waals surface area (Å²) in [5.74, 6) is -12.5. The number of carboxylic acids is 2. The predicted octanol–water partition coefficient (Wildman–Crippen LogP) is -18.3. The molecule has 0 bridgehead atoms. The summed E-state index contributed by atoms with van der Waals surface area (Å²) in [5.41, 5.74) is 0. The Bertz CT molecular complexity index is 5280. The lowest BCUT2D eigenvalue weighted by molar-refractivity contribution is -0.777. The van der Waals surface area contributed by atoms with Gasteiger partial charge in [-0.05, 0) is 0 Å². The van der Waals surface area contributed by atoms with Crippen molar-refractivity contribution in [3.63, 3.8) is 0 Å². The van der Waals surface area contributed by atoms with E-state index in [2.05, 4.69) is 52.1 Å². The fourth-order valence-corrected chi connectivity index (χ4v) is 19.8. The highest BCUT2D eigenvalue weighted by molar-refractivity contribution is 7.89. The van der Waals surface area contributed by atoms with E-state index in [0.29, 0.717) is 64.0 Å². The standard InChI is InChI=1S/C52H86O74S12/c1-90-28-21-20(27(43(53)54)113-46(28)111-25-18(13-102-131(66,67)68)104-45(97-8)41(122-137(84,85)86)34(25)118-133(72,73)74)52(21,98-9)116-51-42(123-138(87,88)89)35(119-134(75,76)77)24(15(108-51)10-99-126-128(58)59)112-48-38(96-7)32(94-5)33(36(115-48)44(55)56)114-47-37(95-6)29(91-2)22(16(105-47)11-100-129(60,61)62)109-49-39(120-135(78,79)80)30(92-3)23(17(106-49)12-101-130(63,64)65)110-50-40(121-136(81,82)83)31(93-4)26(117-127-125-124-57)19(107-50)14-103-132(69,70)71/h15-42,45-51,57H,10-14H2,1-9H3,(H,53,54)(H,55,56)(H,58,59)(H,60,61,62)(H,63,64,65)(H,66,67,68)(H,69,70,71)(H,72,73,74)(H,75,76,77)(H,78,79,80)(H,81,82,83)(H,84,85,86)(H,87,88,89)/p-14/t15?,16?,17?,18?,19?,20-,21-,22+,23+,24+,25+,26+,27?,28?,29?,30-,31-,32?,33-,34?,35-,36?,37?,38?,39?,40?,41?,42?,45-,46+,47+,48+,49-,50-,51-,52?/m0/s1. The molecule has 74 nitrogen and oxygen atoms in total. The highest BCUT2D eigenvalue weighted by Gasteiger charge is 2.79. The van der Waals surface area contributed by atoms with Gasteiger partial charge in [0, 0.05) is 64.0 Å². The average molecular weight is 2270 g/mol. The van der Waals surface area contributed by atoms with Gasteiger partial charge in [-0.25, -0.2) is 93.3 Å². The Kier molecular flexibility index (Phi) is 42.6. The Morgan fingerprint density at radius 3 is 0.920 bits per heavy atom. The molecule has 8 fully saturated rings. The average Bonchev–Trinajstić information content (AvgIpc) is 1.51. The summed E-state index contributed by atoms with van der Waals surface area (Å²) in [6.45, 7) is -8.71. The van der Waals surface area contributed by atoms with Gasteiger partial charge in [0.25, 0.3) is 0 Å². The molecule has 8 aliphatic rings. The highest BCUT2D eigenvalue weighted by atomic mass is 32.3. The van der Waals surface area contributed by atoms with Crippen LogP contribution in [0.4, 0.5) is 0 Å². The van der Waals surface area contributed by atoms with Crippen LogP contribution in [-0.2, 0) is 294 Å². The molecule has 0 spiro atoms. The maximum Gasteiger partial charge on any atom is 0.218 e. The first-order valence-corrected chi connectivity index (χ1v) is 51.3. The first-order valence-electron chi connectivity index (χ1n) is 36.3. The Morgan fingerprint density at radius 2 is 0.587 bits per heavy atom. The van der Waals surface area contributed by atoms with Gasteiger partial charge in [0.15, 0.2) is 86.6 Å². The number of rotatable bonds is 55. The van der Waals surface area contributed by atoms with Gasteiger partial charge in [-0.15, -0.1) is 8.67 Å². The zero-order valence-electron chi connectivity index (χ0n) is 69.4. The van der Waals surface area contributed by atoms with Crippen LogP contribution in [0.25, 0.3) is 0 Å². The van der Waals surface area contributed by atoms with Crippen LogP contribution < -0.4 is 15.5 Å². The molecule has 0 aromatic rings. The van der Waals surface area contributed by atoms with Gasteiger partial charge in [0.05, 0.1) is 50.2 Å². The molecule has 810 valence electrons. The minimum atomic E-state index is -6.67. The fourth-order valence-electron chi connectivity index (χ4n) is 15.2. The number of carbonyl (C=O) groups is 2. The fraction of sp³-hybridized carbons (Fsp3) is 0.962. The topological polar surface area (TPSA) is 1060 Å². The Morgan fingerprint density at radius 1 is 0.312 bits per heavy atom. The number of hydrogen-bond donors (Lipinski definition) is 0. The third-order valence-corrected chi connectivity index (χ3v) is 25.1. The van der Waals surface area contributed by atoms with Gasteiger partial charge in [0.1, 0.15) is 152 Å². The third kappa shape index (κ3) is 33.2. The van der Waals surface area contributed by atoms with Crippen molar-refractivity contribution in [3.8, 4) is 0 Å². The second-order valence-corrected chi connectivity index (χ2v) is 39.1. The molecule has 7 saturated heterocycles. The van der Waals surface area contributed by atoms with E-state index < -0.39 is 393 Å². The summed E-state index contributed by atoms with van der Waals surface area (Å²) in [7, 11) is -56.7. The third-order valence-electron chi connectivity index (χ3n) is 20.0. The van der Waals surface area contributed by atoms with Gasteiger partial charge in [-0.1, -0.05) is 0 Å². The van der Waals surface area contributed by atoms with Gasteiger partial charge < -0.3 is 179 Å². The van der Waals surface area contributed by atoms with E-state index in [4.69, 9.17) is 117 Å². The SMILES string of the molecule is COC1C(OC)[C@H](O[C@@H]2OC(COS(=O)(=O)[O-])[C@@H](O[C@@H]3OC(COS(=O)(=O)[O-])[C@@H](OSOO[O-])[C@H](OC)C3OS(=O)(=O)[O-])[C@H](OC)C2OS(=O)(=O)[O-])C(COS(=O)(=O)[O-])O[C@@H]1O[C@@H]1C(C(=O)[O-])O[C@@H](O[C@@H]2C(COOS(=O)[O-])O[C@@H](OC3(OC)[C@@H]4C(C(=O)[O-])O[C@@H](O[C@@H]5C(COS(=O)(=O)[O-])O[C@H](OC)C(OS(=O)(=O)[O-])C5OS(=O)(=O)[O-])C(OC)[C@H]43)C(OS(=O)(=O)[O-])[C@H]2OS(=O)(=O)[O-])C(OC)C1OC. The highest BCUT2D eigenvalue weighted by Crippen LogP contribution is 2.63. The lowest BCUT2D eigenvalue weighted by Gasteiger charge is -2.52. The van der Waals surface area contributed by atoms with Crippen molar-refractivity contribution in [1.82, 2.24) is 0 Å². The molecule has 7 heterocycles. The van der Waals surface area contributed by atoms with Crippen LogP contribution in [0, 0.1) is 11.8 Å². The van der Waals surface area contributed by atoms with E-state index >= 15 is 0 Å². The van der Waals surface area contributed by atoms with Crippen molar-refractivity contribution in [2.45, 2.75) is 209 Å². The van der Waals surface area contributed by atoms with Crippen LogP contribution in [0.15, 0.2) is 0 Å². The lowest BCUT2D eigenvalue weighted by atomic mass is 9.94. The van der Waals surface area contributed by atoms with Crippen molar-refractivity contribution < 1.29 is 332 Å². The smallest absolute Gasteiger partial charge is 0.218 e. The van der Waals surface area contributed by atoms with Gasteiger partial charge >= 0.3 is 0 Å². The van der Waals surface area contributed by atoms with Crippen LogP contribution in [0.1, 0.15) is 0 Å². The van der Waals surface area contributed by atoms with Crippen LogP contribution in [0.3, 0.4) is 0 Å². The van der Waals surface area contributed by atoms with E-state index in [-0.39, 0.29) is 0 Å². The first kappa shape index (κ1) is 120. The number of ether oxygens (including phenoxy) is 22. The molecule has 0 amide bonds. The second-order valence-electron chi connectivity index (χ2n) is 27.8. The van der Waals surface area contributed by atoms with Gasteiger partial charge in [-0.3, -0.25) is 51.1 Å². The minimum absolute atomic E-state index is 0.473. The molecule has 86 heteroatoms. The van der Waals surface area contributed by atoms with Crippen molar-refractivity contribution >= 4 is 140 Å². The molecule has 37 atom stereocenters. The minimum Gasteiger partial charge on any atom is -0.748 e. The molecule has 0 N–H and O–H groups in total. The monoisotopic (exact) mass is 2260 g/mol. The number of carboxylic acid groups (broad SMARTS) is 2. The van der Waals surface area contributed by atoms with Gasteiger partial charge in [0.2, 0.25) is 104 Å². The molecule has 0 radical (unpaired) electrons. The van der Waals surface area contributed by atoms with E-state index in [0.717, 1.165) is 0 Å². The molecule has 138 heavy (non-hydrogen) atoms. The largest absolute Gasteiger partial charge is 0.748 e.